The van der Waals surface area contributed by atoms with Gasteiger partial charge in [0.2, 0.25) is 11.8 Å². The van der Waals surface area contributed by atoms with E-state index in [1.54, 1.807) is 7.11 Å². The number of rotatable bonds is 4. The number of likely N-dealkylation sites (tertiary alicyclic amines) is 1. The van der Waals surface area contributed by atoms with Crippen LogP contribution in [0.5, 0.6) is 5.75 Å². The van der Waals surface area contributed by atoms with Crippen molar-refractivity contribution in [3.63, 3.8) is 0 Å². The van der Waals surface area contributed by atoms with Crippen molar-refractivity contribution < 1.29 is 24.2 Å². The predicted molar refractivity (Wildman–Crippen MR) is 126 cm³/mol. The molecule has 8 heteroatoms. The molecule has 4 heterocycles. The molecule has 1 spiro atoms. The molecular formula is C26H33N3O5. The SMILES string of the molecule is COc1ccc2c3c(n(C)c2c1)[C@H](CO)N(C(=O)C1CCOCC1)CC31CN(C(=O)C2CC2)C1. The van der Waals surface area contributed by atoms with Crippen LogP contribution in [0.2, 0.25) is 0 Å². The van der Waals surface area contributed by atoms with Crippen LogP contribution < -0.4 is 4.74 Å². The van der Waals surface area contributed by atoms with Crippen LogP contribution >= 0.6 is 0 Å². The minimum atomic E-state index is -0.410. The Kier molecular flexibility index (Phi) is 5.15. The lowest BCUT2D eigenvalue weighted by Crippen LogP contribution is -2.68. The Hall–Kier alpha value is -2.58. The number of hydrogen-bond acceptors (Lipinski definition) is 5. The quantitative estimate of drug-likeness (QED) is 0.744. The lowest BCUT2D eigenvalue weighted by molar-refractivity contribution is -0.150. The van der Waals surface area contributed by atoms with Crippen LogP contribution in [0.4, 0.5) is 0 Å². The largest absolute Gasteiger partial charge is 0.497 e. The van der Waals surface area contributed by atoms with Crippen molar-refractivity contribution in [1.82, 2.24) is 14.4 Å². The van der Waals surface area contributed by atoms with Crippen LogP contribution in [-0.2, 0) is 26.8 Å². The number of aromatic nitrogens is 1. The van der Waals surface area contributed by atoms with Gasteiger partial charge in [0.1, 0.15) is 5.75 Å². The van der Waals surface area contributed by atoms with Gasteiger partial charge in [-0.3, -0.25) is 9.59 Å². The lowest BCUT2D eigenvalue weighted by Gasteiger charge is -2.56. The van der Waals surface area contributed by atoms with Crippen molar-refractivity contribution in [3.8, 4) is 5.75 Å². The first-order valence-electron chi connectivity index (χ1n) is 12.4. The number of aliphatic hydroxyl groups excluding tert-OH is 1. The summed E-state index contributed by atoms with van der Waals surface area (Å²) >= 11 is 0. The molecule has 6 rings (SSSR count). The fourth-order valence-corrected chi connectivity index (χ4v) is 6.46. The molecule has 8 nitrogen and oxygen atoms in total. The number of aliphatic hydroxyl groups is 1. The van der Waals surface area contributed by atoms with Gasteiger partial charge in [0.15, 0.2) is 0 Å². The Bertz CT molecular complexity index is 1140. The average molecular weight is 468 g/mol. The molecule has 0 unspecified atom stereocenters. The smallest absolute Gasteiger partial charge is 0.226 e. The van der Waals surface area contributed by atoms with Gasteiger partial charge in [-0.15, -0.1) is 0 Å². The Morgan fingerprint density at radius 1 is 1.09 bits per heavy atom. The Balaban J connectivity index is 1.46. The number of aryl methyl sites for hydroxylation is 1. The highest BCUT2D eigenvalue weighted by Crippen LogP contribution is 2.51. The van der Waals surface area contributed by atoms with Gasteiger partial charge in [-0.25, -0.2) is 0 Å². The van der Waals surface area contributed by atoms with E-state index in [0.717, 1.165) is 35.2 Å². The van der Waals surface area contributed by atoms with Gasteiger partial charge >= 0.3 is 0 Å². The number of hydrogen-bond donors (Lipinski definition) is 1. The van der Waals surface area contributed by atoms with Crippen molar-refractivity contribution >= 4 is 22.7 Å². The minimum absolute atomic E-state index is 0.0829. The molecule has 2 saturated heterocycles. The topological polar surface area (TPSA) is 84.2 Å². The Morgan fingerprint density at radius 3 is 2.44 bits per heavy atom. The van der Waals surface area contributed by atoms with Gasteiger partial charge in [-0.2, -0.15) is 0 Å². The summed E-state index contributed by atoms with van der Waals surface area (Å²) in [5.74, 6) is 1.22. The number of carbonyl (C=O) groups excluding carboxylic acids is 2. The molecule has 3 aliphatic heterocycles. The molecule has 1 atom stereocenters. The van der Waals surface area contributed by atoms with E-state index in [4.69, 9.17) is 9.47 Å². The van der Waals surface area contributed by atoms with E-state index >= 15 is 0 Å². The first-order chi connectivity index (χ1) is 16.5. The zero-order chi connectivity index (χ0) is 23.6. The molecule has 1 N–H and O–H groups in total. The van der Waals surface area contributed by atoms with Crippen molar-refractivity contribution in [1.29, 1.82) is 0 Å². The molecule has 2 aromatic rings. The molecule has 4 aliphatic rings. The first kappa shape index (κ1) is 21.9. The first-order valence-corrected chi connectivity index (χ1v) is 12.4. The standard InChI is InChI=1S/C26H33N3O5/c1-27-20-11-18(33-2)5-6-19(20)22-23(27)21(12-30)29(25(32)17-7-9-34-10-8-17)15-26(22)13-28(14-26)24(31)16-3-4-16/h5-6,11,16-17,21,30H,3-4,7-10,12-15H2,1-2H3/t21-/m0/s1. The highest BCUT2D eigenvalue weighted by atomic mass is 16.5. The highest BCUT2D eigenvalue weighted by molar-refractivity contribution is 5.91. The molecule has 1 saturated carbocycles. The number of amides is 2. The second-order valence-corrected chi connectivity index (χ2v) is 10.5. The summed E-state index contributed by atoms with van der Waals surface area (Å²) in [5, 5.41) is 11.7. The van der Waals surface area contributed by atoms with Gasteiger partial charge in [0.25, 0.3) is 0 Å². The van der Waals surface area contributed by atoms with E-state index in [1.165, 1.54) is 5.56 Å². The molecule has 1 aliphatic carbocycles. The van der Waals surface area contributed by atoms with Gasteiger partial charge in [-0.1, -0.05) is 0 Å². The molecule has 34 heavy (non-hydrogen) atoms. The van der Waals surface area contributed by atoms with Gasteiger partial charge in [0.05, 0.1) is 30.7 Å². The third kappa shape index (κ3) is 3.18. The van der Waals surface area contributed by atoms with Gasteiger partial charge in [0, 0.05) is 68.9 Å². The number of carbonyl (C=O) groups is 2. The summed E-state index contributed by atoms with van der Waals surface area (Å²) in [5.41, 5.74) is 2.87. The highest BCUT2D eigenvalue weighted by Gasteiger charge is 2.56. The zero-order valence-corrected chi connectivity index (χ0v) is 20.0. The molecule has 0 bridgehead atoms. The summed E-state index contributed by atoms with van der Waals surface area (Å²) in [4.78, 5) is 30.5. The molecule has 3 fully saturated rings. The third-order valence-electron chi connectivity index (χ3n) is 8.40. The van der Waals surface area contributed by atoms with E-state index in [-0.39, 0.29) is 35.7 Å². The van der Waals surface area contributed by atoms with Crippen molar-refractivity contribution in [2.45, 2.75) is 37.1 Å². The monoisotopic (exact) mass is 467 g/mol. The number of methoxy groups -OCH3 is 1. The van der Waals surface area contributed by atoms with Crippen molar-refractivity contribution in [2.24, 2.45) is 18.9 Å². The van der Waals surface area contributed by atoms with Crippen molar-refractivity contribution in [3.05, 3.63) is 29.5 Å². The molecule has 0 radical (unpaired) electrons. The maximum Gasteiger partial charge on any atom is 0.226 e. The average Bonchev–Trinajstić information content (AvgIpc) is 3.66. The second kappa shape index (κ2) is 7.99. The Labute approximate surface area is 199 Å². The Morgan fingerprint density at radius 2 is 1.79 bits per heavy atom. The fourth-order valence-electron chi connectivity index (χ4n) is 6.46. The molecule has 1 aromatic heterocycles. The van der Waals surface area contributed by atoms with Gasteiger partial charge < -0.3 is 28.9 Å². The summed E-state index contributed by atoms with van der Waals surface area (Å²) in [7, 11) is 3.66. The predicted octanol–water partition coefficient (Wildman–Crippen LogP) is 1.98. The van der Waals surface area contributed by atoms with E-state index in [2.05, 4.69) is 10.6 Å². The zero-order valence-electron chi connectivity index (χ0n) is 20.0. The van der Waals surface area contributed by atoms with Crippen LogP contribution in [0.15, 0.2) is 18.2 Å². The summed E-state index contributed by atoms with van der Waals surface area (Å²) in [6.45, 7) is 2.83. The maximum atomic E-state index is 13.8. The maximum absolute atomic E-state index is 13.8. The summed E-state index contributed by atoms with van der Waals surface area (Å²) in [6.07, 6.45) is 3.41. The summed E-state index contributed by atoms with van der Waals surface area (Å²) < 4.78 is 13.1. The molecular weight excluding hydrogens is 434 g/mol. The van der Waals surface area contributed by atoms with E-state index in [1.807, 2.05) is 29.0 Å². The second-order valence-electron chi connectivity index (χ2n) is 10.5. The summed E-state index contributed by atoms with van der Waals surface area (Å²) in [6, 6.07) is 5.67. The van der Waals surface area contributed by atoms with E-state index in [9.17, 15) is 14.7 Å². The number of benzene rings is 1. The molecule has 182 valence electrons. The van der Waals surface area contributed by atoms with Crippen LogP contribution in [-0.4, -0.2) is 77.9 Å². The number of ether oxygens (including phenoxy) is 2. The third-order valence-corrected chi connectivity index (χ3v) is 8.40. The minimum Gasteiger partial charge on any atom is -0.497 e. The van der Waals surface area contributed by atoms with Gasteiger partial charge in [-0.05, 0) is 43.4 Å². The number of fused-ring (bicyclic) bond motifs is 4. The fraction of sp³-hybridized carbons (Fsp3) is 0.615. The van der Waals surface area contributed by atoms with E-state index in [0.29, 0.717) is 45.7 Å². The van der Waals surface area contributed by atoms with Crippen LogP contribution in [0.3, 0.4) is 0 Å². The van der Waals surface area contributed by atoms with Crippen LogP contribution in [0, 0.1) is 11.8 Å². The lowest BCUT2D eigenvalue weighted by atomic mass is 9.68. The molecule has 2 amide bonds. The van der Waals surface area contributed by atoms with Crippen LogP contribution in [0.1, 0.15) is 43.0 Å². The normalized spacial score (nSPS) is 24.3. The van der Waals surface area contributed by atoms with Crippen molar-refractivity contribution in [2.75, 3.05) is 46.6 Å². The van der Waals surface area contributed by atoms with Crippen LogP contribution in [0.25, 0.3) is 10.9 Å². The van der Waals surface area contributed by atoms with E-state index < -0.39 is 6.04 Å². The molecule has 1 aromatic carbocycles. The number of nitrogens with zero attached hydrogens (tertiary/aromatic N) is 3.